The molecule has 1 aromatic carbocycles. The Kier molecular flexibility index (Phi) is 4.57. The second-order valence-corrected chi connectivity index (χ2v) is 8.19. The number of Topliss-reactive ketones (excluding diaryl/α,β-unsaturated/α-hetero) is 1. The first-order valence-corrected chi connectivity index (χ1v) is 9.87. The maximum absolute atomic E-state index is 13.2. The van der Waals surface area contributed by atoms with Crippen LogP contribution in [0.5, 0.6) is 5.75 Å². The molecule has 1 fully saturated rings. The number of carbonyl (C=O) groups is 1. The van der Waals surface area contributed by atoms with Crippen molar-refractivity contribution in [2.45, 2.75) is 17.6 Å². The molecule has 4 nitrogen and oxygen atoms in total. The van der Waals surface area contributed by atoms with E-state index in [1.54, 1.807) is 24.3 Å². The number of allylic oxidation sites excluding steroid dienone is 3. The Morgan fingerprint density at radius 1 is 1.36 bits per heavy atom. The molecule has 1 saturated carbocycles. The lowest BCUT2D eigenvalue weighted by molar-refractivity contribution is -0.152. The summed E-state index contributed by atoms with van der Waals surface area (Å²) in [6.45, 7) is 7.63. The zero-order chi connectivity index (χ0) is 20.1. The lowest BCUT2D eigenvalue weighted by atomic mass is 9.72. The van der Waals surface area contributed by atoms with Crippen LogP contribution in [0.2, 0.25) is 5.02 Å². The van der Waals surface area contributed by atoms with Crippen molar-refractivity contribution in [3.05, 3.63) is 94.2 Å². The van der Waals surface area contributed by atoms with Gasteiger partial charge in [0, 0.05) is 29.1 Å². The van der Waals surface area contributed by atoms with E-state index in [-0.39, 0.29) is 17.9 Å². The average Bonchev–Trinajstić information content (AvgIpc) is 3.06. The number of halogens is 2. The number of pyridine rings is 1. The lowest BCUT2D eigenvalue weighted by Crippen LogP contribution is -2.51. The first kappa shape index (κ1) is 19.1. The molecule has 1 aliphatic heterocycles. The molecule has 0 bridgehead atoms. The van der Waals surface area contributed by atoms with Gasteiger partial charge in [-0.2, -0.15) is 0 Å². The molecule has 2 aromatic rings. The van der Waals surface area contributed by atoms with Crippen LogP contribution in [-0.2, 0) is 16.0 Å². The van der Waals surface area contributed by atoms with Gasteiger partial charge in [-0.1, -0.05) is 71.0 Å². The minimum atomic E-state index is -1.94. The van der Waals surface area contributed by atoms with Crippen molar-refractivity contribution in [3.8, 4) is 5.75 Å². The Labute approximate surface area is 176 Å². The van der Waals surface area contributed by atoms with E-state index in [4.69, 9.17) is 16.3 Å². The summed E-state index contributed by atoms with van der Waals surface area (Å²) >= 11 is 9.52. The van der Waals surface area contributed by atoms with Gasteiger partial charge in [-0.3, -0.25) is 9.78 Å². The van der Waals surface area contributed by atoms with Gasteiger partial charge in [0.15, 0.2) is 11.4 Å². The highest BCUT2D eigenvalue weighted by atomic mass is 79.9. The third-order valence-corrected chi connectivity index (χ3v) is 6.21. The molecule has 0 radical (unpaired) electrons. The van der Waals surface area contributed by atoms with E-state index in [9.17, 15) is 9.90 Å². The first-order chi connectivity index (χ1) is 13.4. The summed E-state index contributed by atoms with van der Waals surface area (Å²) in [5.41, 5.74) is -1.71. The average molecular weight is 459 g/mol. The fraction of sp³-hybridized carbons (Fsp3) is 0.182. The molecule has 2 aliphatic rings. The van der Waals surface area contributed by atoms with E-state index in [1.807, 2.05) is 24.3 Å². The molecule has 0 amide bonds. The number of ketones is 1. The van der Waals surface area contributed by atoms with Gasteiger partial charge in [-0.15, -0.1) is 0 Å². The molecule has 1 aliphatic carbocycles. The second-order valence-electron chi connectivity index (χ2n) is 6.84. The Morgan fingerprint density at radius 2 is 2.07 bits per heavy atom. The monoisotopic (exact) mass is 457 g/mol. The number of benzene rings is 1. The van der Waals surface area contributed by atoms with Crippen LogP contribution in [0.3, 0.4) is 0 Å². The molecule has 28 heavy (non-hydrogen) atoms. The summed E-state index contributed by atoms with van der Waals surface area (Å²) in [5, 5.41) is 12.2. The normalized spacial score (nSPS) is 28.5. The molecule has 3 atom stereocenters. The van der Waals surface area contributed by atoms with Crippen LogP contribution >= 0.6 is 27.5 Å². The minimum Gasteiger partial charge on any atom is -0.476 e. The minimum absolute atomic E-state index is 0.0853. The second kappa shape index (κ2) is 6.69. The molecular formula is C22H17BrClNO3. The third kappa shape index (κ3) is 2.40. The van der Waals surface area contributed by atoms with Crippen LogP contribution in [0.1, 0.15) is 17.7 Å². The number of carbonyl (C=O) groups excluding carboxylic acids is 1. The molecule has 4 rings (SSSR count). The van der Waals surface area contributed by atoms with E-state index >= 15 is 0 Å². The molecule has 1 aromatic heterocycles. The number of fused-ring (bicyclic) bond motifs is 3. The first-order valence-electron chi connectivity index (χ1n) is 8.70. The summed E-state index contributed by atoms with van der Waals surface area (Å²) in [6, 6.07) is 8.95. The van der Waals surface area contributed by atoms with E-state index in [0.29, 0.717) is 16.3 Å². The SMILES string of the molecule is C=C/C=C(\C=C)C1CC(=O)C2(O)c3ncc(Cl)cc3OC12c1ccc(Br)cc1. The molecular weight excluding hydrogens is 442 g/mol. The highest BCUT2D eigenvalue weighted by molar-refractivity contribution is 9.10. The molecule has 3 unspecified atom stereocenters. The van der Waals surface area contributed by atoms with Crippen molar-refractivity contribution in [1.82, 2.24) is 4.98 Å². The van der Waals surface area contributed by atoms with E-state index in [1.165, 1.54) is 6.20 Å². The standard InChI is InChI=1S/C22H17BrClNO3/c1-3-5-13(4-2)17-11-19(26)21(27)20-18(10-16(24)12-25-20)28-22(17,21)14-6-8-15(23)9-7-14/h3-10,12,17,27H,1-2,11H2/b13-5+. The van der Waals surface area contributed by atoms with Crippen molar-refractivity contribution in [2.75, 3.05) is 0 Å². The van der Waals surface area contributed by atoms with Crippen LogP contribution in [0.25, 0.3) is 0 Å². The quantitative estimate of drug-likeness (QED) is 0.665. The predicted octanol–water partition coefficient (Wildman–Crippen LogP) is 4.86. The number of aliphatic hydroxyl groups is 1. The van der Waals surface area contributed by atoms with Crippen molar-refractivity contribution in [3.63, 3.8) is 0 Å². The van der Waals surface area contributed by atoms with Crippen LogP contribution < -0.4 is 4.74 Å². The molecule has 1 N–H and O–H groups in total. The molecule has 6 heteroatoms. The predicted molar refractivity (Wildman–Crippen MR) is 111 cm³/mol. The Hall–Kier alpha value is -2.21. The van der Waals surface area contributed by atoms with Gasteiger partial charge < -0.3 is 9.84 Å². The van der Waals surface area contributed by atoms with Gasteiger partial charge in [-0.25, -0.2) is 0 Å². The van der Waals surface area contributed by atoms with Crippen molar-refractivity contribution in [2.24, 2.45) is 5.92 Å². The topological polar surface area (TPSA) is 59.4 Å². The number of ether oxygens (including phenoxy) is 1. The summed E-state index contributed by atoms with van der Waals surface area (Å²) in [7, 11) is 0. The van der Waals surface area contributed by atoms with Gasteiger partial charge in [-0.05, 0) is 23.3 Å². The zero-order valence-electron chi connectivity index (χ0n) is 14.9. The highest BCUT2D eigenvalue weighted by Crippen LogP contribution is 2.63. The maximum Gasteiger partial charge on any atom is 0.213 e. The number of nitrogens with zero attached hydrogens (tertiary/aromatic N) is 1. The molecule has 2 heterocycles. The van der Waals surface area contributed by atoms with E-state index in [2.05, 4.69) is 34.1 Å². The number of hydrogen-bond acceptors (Lipinski definition) is 4. The van der Waals surface area contributed by atoms with Gasteiger partial charge in [0.2, 0.25) is 5.60 Å². The zero-order valence-corrected chi connectivity index (χ0v) is 17.2. The van der Waals surface area contributed by atoms with Gasteiger partial charge >= 0.3 is 0 Å². The van der Waals surface area contributed by atoms with Crippen LogP contribution in [-0.4, -0.2) is 15.9 Å². The Morgan fingerprint density at radius 3 is 2.71 bits per heavy atom. The fourth-order valence-corrected chi connectivity index (χ4v) is 4.73. The van der Waals surface area contributed by atoms with Gasteiger partial charge in [0.1, 0.15) is 11.4 Å². The Balaban J connectivity index is 2.04. The largest absolute Gasteiger partial charge is 0.476 e. The number of aromatic nitrogens is 1. The Bertz CT molecular complexity index is 1030. The van der Waals surface area contributed by atoms with Crippen LogP contribution in [0, 0.1) is 5.92 Å². The summed E-state index contributed by atoms with van der Waals surface area (Å²) < 4.78 is 7.26. The van der Waals surface area contributed by atoms with Crippen molar-refractivity contribution >= 4 is 33.3 Å². The highest BCUT2D eigenvalue weighted by Gasteiger charge is 2.74. The lowest BCUT2D eigenvalue weighted by Gasteiger charge is -2.38. The smallest absolute Gasteiger partial charge is 0.213 e. The maximum atomic E-state index is 13.2. The molecule has 0 saturated heterocycles. The van der Waals surface area contributed by atoms with Gasteiger partial charge in [0.25, 0.3) is 0 Å². The number of rotatable bonds is 4. The van der Waals surface area contributed by atoms with Crippen LogP contribution in [0.15, 0.2) is 78.0 Å². The molecule has 0 spiro atoms. The third-order valence-electron chi connectivity index (χ3n) is 5.48. The summed E-state index contributed by atoms with van der Waals surface area (Å²) in [6.07, 6.45) is 6.57. The van der Waals surface area contributed by atoms with E-state index in [0.717, 1.165) is 10.0 Å². The van der Waals surface area contributed by atoms with Crippen molar-refractivity contribution in [1.29, 1.82) is 0 Å². The summed E-state index contributed by atoms with van der Waals surface area (Å²) in [4.78, 5) is 17.5. The molecule has 142 valence electrons. The summed E-state index contributed by atoms with van der Waals surface area (Å²) in [5.74, 6) is -0.529. The van der Waals surface area contributed by atoms with E-state index < -0.39 is 17.1 Å². The fourth-order valence-electron chi connectivity index (χ4n) is 4.31. The van der Waals surface area contributed by atoms with Crippen molar-refractivity contribution < 1.29 is 14.6 Å². The van der Waals surface area contributed by atoms with Crippen LogP contribution in [0.4, 0.5) is 0 Å². The van der Waals surface area contributed by atoms with Gasteiger partial charge in [0.05, 0.1) is 5.02 Å². The number of hydrogen-bond donors (Lipinski definition) is 1.